The molecule has 0 spiro atoms. The average molecular weight is 221 g/mol. The molecule has 1 heterocycles. The first-order chi connectivity index (χ1) is 7.72. The lowest BCUT2D eigenvalue weighted by Gasteiger charge is -2.10. The number of carboxylic acids is 1. The number of rotatable bonds is 4. The highest BCUT2D eigenvalue weighted by Crippen LogP contribution is 2.21. The van der Waals surface area contributed by atoms with Gasteiger partial charge in [0.25, 0.3) is 0 Å². The van der Waals surface area contributed by atoms with Crippen LogP contribution in [0, 0.1) is 0 Å². The van der Waals surface area contributed by atoms with Crippen LogP contribution in [0.4, 0.5) is 0 Å². The summed E-state index contributed by atoms with van der Waals surface area (Å²) in [5.74, 6) is -1.60. The molecule has 0 saturated heterocycles. The lowest BCUT2D eigenvalue weighted by molar-refractivity contribution is -0.140. The molecule has 0 radical (unpaired) electrons. The molecule has 0 aliphatic carbocycles. The third kappa shape index (κ3) is 1.90. The van der Waals surface area contributed by atoms with Gasteiger partial charge in [-0.25, -0.2) is 4.98 Å². The van der Waals surface area contributed by atoms with Gasteiger partial charge in [0.2, 0.25) is 0 Å². The quantitative estimate of drug-likeness (QED) is 0.849. The predicted octanol–water partition coefficient (Wildman–Crippen LogP) is 1.64. The van der Waals surface area contributed by atoms with Crippen molar-refractivity contribution in [2.45, 2.75) is 5.92 Å². The smallest absolute Gasteiger partial charge is 0.313 e. The lowest BCUT2D eigenvalue weighted by atomic mass is 10.00. The van der Waals surface area contributed by atoms with Gasteiger partial charge in [0.1, 0.15) is 11.4 Å². The highest BCUT2D eigenvalue weighted by atomic mass is 16.5. The van der Waals surface area contributed by atoms with Crippen molar-refractivity contribution >= 4 is 17.1 Å². The van der Waals surface area contributed by atoms with Gasteiger partial charge in [-0.2, -0.15) is 0 Å². The number of fused-ring (bicyclic) bond motifs is 1. The van der Waals surface area contributed by atoms with Gasteiger partial charge in [-0.15, -0.1) is 0 Å². The summed E-state index contributed by atoms with van der Waals surface area (Å²) in [5.41, 5.74) is 1.95. The number of oxazole rings is 1. The summed E-state index contributed by atoms with van der Waals surface area (Å²) in [7, 11) is 1.48. The van der Waals surface area contributed by atoms with Crippen LogP contribution in [0.1, 0.15) is 11.5 Å². The maximum absolute atomic E-state index is 11.0. The van der Waals surface area contributed by atoms with Crippen molar-refractivity contribution in [3.8, 4) is 0 Å². The van der Waals surface area contributed by atoms with Gasteiger partial charge >= 0.3 is 5.97 Å². The second kappa shape index (κ2) is 4.32. The first kappa shape index (κ1) is 10.6. The van der Waals surface area contributed by atoms with Crippen molar-refractivity contribution in [3.63, 3.8) is 0 Å². The Hall–Kier alpha value is -1.88. The van der Waals surface area contributed by atoms with Crippen molar-refractivity contribution in [2.75, 3.05) is 13.7 Å². The number of hydrogen-bond donors (Lipinski definition) is 1. The minimum absolute atomic E-state index is 0.134. The molecule has 1 N–H and O–H groups in total. The zero-order chi connectivity index (χ0) is 11.5. The number of carbonyl (C=O) groups is 1. The molecule has 16 heavy (non-hydrogen) atoms. The van der Waals surface area contributed by atoms with Crippen molar-refractivity contribution in [3.05, 3.63) is 30.2 Å². The fourth-order valence-electron chi connectivity index (χ4n) is 1.57. The van der Waals surface area contributed by atoms with Gasteiger partial charge in [-0.05, 0) is 17.7 Å². The van der Waals surface area contributed by atoms with Crippen molar-refractivity contribution in [1.82, 2.24) is 4.98 Å². The second-order valence-corrected chi connectivity index (χ2v) is 3.43. The van der Waals surface area contributed by atoms with E-state index >= 15 is 0 Å². The van der Waals surface area contributed by atoms with Gasteiger partial charge in [-0.3, -0.25) is 4.79 Å². The van der Waals surface area contributed by atoms with E-state index in [4.69, 9.17) is 14.3 Å². The molecule has 1 aromatic heterocycles. The molecule has 84 valence electrons. The Morgan fingerprint density at radius 1 is 1.62 bits per heavy atom. The van der Waals surface area contributed by atoms with Crippen LogP contribution in [0.3, 0.4) is 0 Å². The van der Waals surface area contributed by atoms with Crippen molar-refractivity contribution in [1.29, 1.82) is 0 Å². The van der Waals surface area contributed by atoms with Gasteiger partial charge in [-0.1, -0.05) is 6.07 Å². The highest BCUT2D eigenvalue weighted by molar-refractivity contribution is 5.79. The van der Waals surface area contributed by atoms with E-state index < -0.39 is 11.9 Å². The summed E-state index contributed by atoms with van der Waals surface area (Å²) in [6.07, 6.45) is 1.33. The van der Waals surface area contributed by atoms with E-state index in [-0.39, 0.29) is 6.61 Å². The van der Waals surface area contributed by atoms with E-state index in [2.05, 4.69) is 4.98 Å². The molecule has 0 aliphatic rings. The molecule has 2 rings (SSSR count). The number of carboxylic acid groups (broad SMARTS) is 1. The molecule has 1 aromatic carbocycles. The van der Waals surface area contributed by atoms with Crippen LogP contribution in [-0.2, 0) is 9.53 Å². The Morgan fingerprint density at radius 3 is 3.12 bits per heavy atom. The van der Waals surface area contributed by atoms with Crippen LogP contribution in [0.5, 0.6) is 0 Å². The monoisotopic (exact) mass is 221 g/mol. The number of methoxy groups -OCH3 is 1. The zero-order valence-corrected chi connectivity index (χ0v) is 8.71. The van der Waals surface area contributed by atoms with Crippen molar-refractivity contribution < 1.29 is 19.1 Å². The maximum Gasteiger partial charge on any atom is 0.313 e. The van der Waals surface area contributed by atoms with Crippen LogP contribution < -0.4 is 0 Å². The largest absolute Gasteiger partial charge is 0.481 e. The van der Waals surface area contributed by atoms with E-state index in [9.17, 15) is 4.79 Å². The summed E-state index contributed by atoms with van der Waals surface area (Å²) in [6, 6.07) is 5.14. The molecule has 0 fully saturated rings. The number of aliphatic carboxylic acids is 1. The van der Waals surface area contributed by atoms with Crippen LogP contribution in [-0.4, -0.2) is 29.8 Å². The average Bonchev–Trinajstić information content (AvgIpc) is 2.72. The fraction of sp³-hybridized carbons (Fsp3) is 0.273. The predicted molar refractivity (Wildman–Crippen MR) is 56.3 cm³/mol. The molecular weight excluding hydrogens is 210 g/mol. The second-order valence-electron chi connectivity index (χ2n) is 3.43. The van der Waals surface area contributed by atoms with Crippen LogP contribution in [0.2, 0.25) is 0 Å². The van der Waals surface area contributed by atoms with Crippen LogP contribution >= 0.6 is 0 Å². The normalized spacial score (nSPS) is 12.8. The molecule has 1 atom stereocenters. The SMILES string of the molecule is COCC(C(=O)O)c1ccc2ncoc2c1. The molecule has 0 amide bonds. The van der Waals surface area contributed by atoms with E-state index in [0.717, 1.165) is 0 Å². The minimum atomic E-state index is -0.916. The minimum Gasteiger partial charge on any atom is -0.481 e. The standard InChI is InChI=1S/C11H11NO4/c1-15-5-8(11(13)14)7-2-3-9-10(4-7)16-6-12-9/h2-4,6,8H,5H2,1H3,(H,13,14). The highest BCUT2D eigenvalue weighted by Gasteiger charge is 2.20. The lowest BCUT2D eigenvalue weighted by Crippen LogP contribution is -2.16. The van der Waals surface area contributed by atoms with Gasteiger partial charge in [0, 0.05) is 7.11 Å². The maximum atomic E-state index is 11.0. The Kier molecular flexibility index (Phi) is 2.87. The topological polar surface area (TPSA) is 72.6 Å². The first-order valence-corrected chi connectivity index (χ1v) is 4.77. The molecule has 0 aliphatic heterocycles. The summed E-state index contributed by atoms with van der Waals surface area (Å²) in [5, 5.41) is 9.05. The van der Waals surface area contributed by atoms with Crippen molar-refractivity contribution in [2.24, 2.45) is 0 Å². The number of ether oxygens (including phenoxy) is 1. The van der Waals surface area contributed by atoms with E-state index in [0.29, 0.717) is 16.7 Å². The Bertz CT molecular complexity index is 505. The molecule has 2 aromatic rings. The van der Waals surface area contributed by atoms with Gasteiger partial charge < -0.3 is 14.3 Å². The van der Waals surface area contributed by atoms with Crippen LogP contribution in [0.25, 0.3) is 11.1 Å². The first-order valence-electron chi connectivity index (χ1n) is 4.77. The third-order valence-electron chi connectivity index (χ3n) is 2.39. The van der Waals surface area contributed by atoms with E-state index in [1.807, 2.05) is 0 Å². The number of hydrogen-bond acceptors (Lipinski definition) is 4. The molecule has 1 unspecified atom stereocenters. The van der Waals surface area contributed by atoms with Gasteiger partial charge in [0.15, 0.2) is 12.0 Å². The summed E-state index contributed by atoms with van der Waals surface area (Å²) in [4.78, 5) is 15.0. The van der Waals surface area contributed by atoms with Gasteiger partial charge in [0.05, 0.1) is 6.61 Å². The number of benzene rings is 1. The number of aromatic nitrogens is 1. The summed E-state index contributed by atoms with van der Waals surface area (Å²) in [6.45, 7) is 0.134. The molecule has 0 saturated carbocycles. The number of nitrogens with zero attached hydrogens (tertiary/aromatic N) is 1. The molecule has 5 heteroatoms. The third-order valence-corrected chi connectivity index (χ3v) is 2.39. The van der Waals surface area contributed by atoms with Crippen LogP contribution in [0.15, 0.2) is 29.0 Å². The Balaban J connectivity index is 2.39. The summed E-state index contributed by atoms with van der Waals surface area (Å²) >= 11 is 0. The molecular formula is C11H11NO4. The molecule has 0 bridgehead atoms. The fourth-order valence-corrected chi connectivity index (χ4v) is 1.57. The Morgan fingerprint density at radius 2 is 2.44 bits per heavy atom. The molecule has 5 nitrogen and oxygen atoms in total. The van der Waals surface area contributed by atoms with E-state index in [1.165, 1.54) is 13.5 Å². The zero-order valence-electron chi connectivity index (χ0n) is 8.71. The van der Waals surface area contributed by atoms with E-state index in [1.54, 1.807) is 18.2 Å². The Labute approximate surface area is 91.7 Å². The summed E-state index contributed by atoms with van der Waals surface area (Å²) < 4.78 is 10.0.